The number of hydrogen-bond acceptors (Lipinski definition) is 5. The molecule has 0 aliphatic carbocycles. The van der Waals surface area contributed by atoms with Crippen LogP contribution in [-0.4, -0.2) is 31.3 Å². The fourth-order valence-corrected chi connectivity index (χ4v) is 2.05. The van der Waals surface area contributed by atoms with E-state index < -0.39 is 18.0 Å². The first-order chi connectivity index (χ1) is 10.9. The third-order valence-corrected chi connectivity index (χ3v) is 3.12. The molecule has 0 fully saturated rings. The Kier molecular flexibility index (Phi) is 5.17. The van der Waals surface area contributed by atoms with Gasteiger partial charge in [0.15, 0.2) is 5.82 Å². The third kappa shape index (κ3) is 3.77. The van der Waals surface area contributed by atoms with Crippen LogP contribution in [0.5, 0.6) is 5.75 Å². The minimum atomic E-state index is -4.56. The lowest BCUT2D eigenvalue weighted by molar-refractivity contribution is -0.137. The van der Waals surface area contributed by atoms with Crippen LogP contribution in [0.2, 0.25) is 0 Å². The van der Waals surface area contributed by atoms with E-state index in [-0.39, 0.29) is 17.1 Å². The Bertz CT molecular complexity index is 673. The molecule has 0 N–H and O–H groups in total. The van der Waals surface area contributed by atoms with Gasteiger partial charge in [-0.25, -0.2) is 9.97 Å². The molecule has 0 aliphatic heterocycles. The Morgan fingerprint density at radius 1 is 1.04 bits per heavy atom. The van der Waals surface area contributed by atoms with Crippen LogP contribution < -0.4 is 4.74 Å². The van der Waals surface area contributed by atoms with Crippen molar-refractivity contribution in [3.05, 3.63) is 41.7 Å². The van der Waals surface area contributed by atoms with Gasteiger partial charge in [-0.2, -0.15) is 13.2 Å². The predicted octanol–water partition coefficient (Wildman–Crippen LogP) is 3.46. The number of nitrogens with zero attached hydrogens (tertiary/aromatic N) is 2. The fraction of sp³-hybridized carbons (Fsp3) is 0.333. The summed E-state index contributed by atoms with van der Waals surface area (Å²) in [6.45, 7) is 0. The van der Waals surface area contributed by atoms with Gasteiger partial charge in [0, 0.05) is 26.0 Å². The van der Waals surface area contributed by atoms with Gasteiger partial charge in [0.05, 0.1) is 12.7 Å². The molecular formula is C15H15F3N2O3. The molecule has 1 heterocycles. The van der Waals surface area contributed by atoms with Crippen LogP contribution in [0.3, 0.4) is 0 Å². The van der Waals surface area contributed by atoms with Gasteiger partial charge in [-0.05, 0) is 24.3 Å². The first kappa shape index (κ1) is 17.2. The second-order valence-corrected chi connectivity index (χ2v) is 4.52. The Balaban J connectivity index is 2.56. The number of halogens is 3. The summed E-state index contributed by atoms with van der Waals surface area (Å²) in [7, 11) is 4.11. The van der Waals surface area contributed by atoms with Gasteiger partial charge in [0.2, 0.25) is 6.29 Å². The molecule has 0 aliphatic rings. The lowest BCUT2D eigenvalue weighted by Gasteiger charge is -2.16. The molecular weight excluding hydrogens is 313 g/mol. The van der Waals surface area contributed by atoms with Crippen molar-refractivity contribution in [2.75, 3.05) is 21.3 Å². The van der Waals surface area contributed by atoms with Gasteiger partial charge in [-0.15, -0.1) is 0 Å². The van der Waals surface area contributed by atoms with Gasteiger partial charge in [-0.1, -0.05) is 0 Å². The van der Waals surface area contributed by atoms with Crippen LogP contribution in [0.15, 0.2) is 30.5 Å². The number of methoxy groups -OCH3 is 3. The fourth-order valence-electron chi connectivity index (χ4n) is 2.05. The molecule has 1 aromatic carbocycles. The van der Waals surface area contributed by atoms with E-state index in [9.17, 15) is 13.2 Å². The highest BCUT2D eigenvalue weighted by atomic mass is 19.4. The van der Waals surface area contributed by atoms with E-state index in [1.807, 2.05) is 0 Å². The number of alkyl halides is 3. The van der Waals surface area contributed by atoms with Crippen molar-refractivity contribution in [1.29, 1.82) is 0 Å². The molecule has 5 nitrogen and oxygen atoms in total. The molecule has 0 saturated carbocycles. The summed E-state index contributed by atoms with van der Waals surface area (Å²) in [6, 6.07) is 5.12. The standard InChI is InChI=1S/C15H15F3N2O3/c1-21-9-4-5-10(11(8-9)15(16,17)18)13-19-7-6-12(20-13)14(22-2)23-3/h4-8,14H,1-3H3. The molecule has 0 bridgehead atoms. The van der Waals surface area contributed by atoms with Crippen LogP contribution in [0.25, 0.3) is 11.4 Å². The van der Waals surface area contributed by atoms with Crippen molar-refractivity contribution in [2.24, 2.45) is 0 Å². The third-order valence-electron chi connectivity index (χ3n) is 3.12. The average Bonchev–Trinajstić information content (AvgIpc) is 2.55. The Hall–Kier alpha value is -2.19. The summed E-state index contributed by atoms with van der Waals surface area (Å²) in [4.78, 5) is 8.04. The average molecular weight is 328 g/mol. The normalized spacial score (nSPS) is 11.8. The van der Waals surface area contributed by atoms with E-state index in [4.69, 9.17) is 14.2 Å². The molecule has 2 rings (SSSR count). The molecule has 0 amide bonds. The highest BCUT2D eigenvalue weighted by Gasteiger charge is 2.35. The van der Waals surface area contributed by atoms with Gasteiger partial charge in [-0.3, -0.25) is 0 Å². The molecule has 1 aromatic heterocycles. The van der Waals surface area contributed by atoms with Crippen LogP contribution in [0.1, 0.15) is 17.5 Å². The zero-order valence-electron chi connectivity index (χ0n) is 12.7. The summed E-state index contributed by atoms with van der Waals surface area (Å²) in [5, 5.41) is 0. The van der Waals surface area contributed by atoms with E-state index in [1.54, 1.807) is 0 Å². The van der Waals surface area contributed by atoms with Crippen molar-refractivity contribution in [2.45, 2.75) is 12.5 Å². The number of benzene rings is 1. The SMILES string of the molecule is COc1ccc(-c2nccc(C(OC)OC)n2)c(C(F)(F)F)c1. The van der Waals surface area contributed by atoms with Crippen molar-refractivity contribution >= 4 is 0 Å². The maximum atomic E-state index is 13.3. The van der Waals surface area contributed by atoms with Gasteiger partial charge in [0.25, 0.3) is 0 Å². The largest absolute Gasteiger partial charge is 0.497 e. The second kappa shape index (κ2) is 6.93. The van der Waals surface area contributed by atoms with Gasteiger partial charge in [0.1, 0.15) is 11.4 Å². The summed E-state index contributed by atoms with van der Waals surface area (Å²) >= 11 is 0. The van der Waals surface area contributed by atoms with Crippen molar-refractivity contribution in [1.82, 2.24) is 9.97 Å². The molecule has 0 saturated heterocycles. The number of rotatable bonds is 5. The molecule has 23 heavy (non-hydrogen) atoms. The second-order valence-electron chi connectivity index (χ2n) is 4.52. The van der Waals surface area contributed by atoms with Crippen molar-refractivity contribution < 1.29 is 27.4 Å². The molecule has 0 unspecified atom stereocenters. The molecule has 0 atom stereocenters. The molecule has 2 aromatic rings. The molecule has 0 radical (unpaired) electrons. The van der Waals surface area contributed by atoms with Crippen LogP contribution in [0, 0.1) is 0 Å². The first-order valence-electron chi connectivity index (χ1n) is 6.54. The Morgan fingerprint density at radius 3 is 2.30 bits per heavy atom. The lowest BCUT2D eigenvalue weighted by Crippen LogP contribution is -2.11. The monoisotopic (exact) mass is 328 g/mol. The summed E-state index contributed by atoms with van der Waals surface area (Å²) < 4.78 is 54.8. The number of ether oxygens (including phenoxy) is 3. The minimum absolute atomic E-state index is 0.0726. The quantitative estimate of drug-likeness (QED) is 0.787. The van der Waals surface area contributed by atoms with Crippen LogP contribution >= 0.6 is 0 Å². The zero-order chi connectivity index (χ0) is 17.0. The lowest BCUT2D eigenvalue weighted by atomic mass is 10.1. The van der Waals surface area contributed by atoms with Gasteiger partial charge < -0.3 is 14.2 Å². The molecule has 124 valence electrons. The van der Waals surface area contributed by atoms with Crippen molar-refractivity contribution in [3.8, 4) is 17.1 Å². The summed E-state index contributed by atoms with van der Waals surface area (Å²) in [5.41, 5.74) is -0.699. The van der Waals surface area contributed by atoms with Crippen LogP contribution in [-0.2, 0) is 15.7 Å². The number of aromatic nitrogens is 2. The number of hydrogen-bond donors (Lipinski definition) is 0. The van der Waals surface area contributed by atoms with E-state index in [0.717, 1.165) is 6.07 Å². The first-order valence-corrected chi connectivity index (χ1v) is 6.54. The predicted molar refractivity (Wildman–Crippen MR) is 75.8 cm³/mol. The highest BCUT2D eigenvalue weighted by molar-refractivity contribution is 5.63. The van der Waals surface area contributed by atoms with E-state index in [1.165, 1.54) is 45.7 Å². The van der Waals surface area contributed by atoms with E-state index in [2.05, 4.69) is 9.97 Å². The Morgan fingerprint density at radius 2 is 1.74 bits per heavy atom. The minimum Gasteiger partial charge on any atom is -0.497 e. The van der Waals surface area contributed by atoms with E-state index in [0.29, 0.717) is 5.69 Å². The zero-order valence-corrected chi connectivity index (χ0v) is 12.7. The van der Waals surface area contributed by atoms with Crippen molar-refractivity contribution in [3.63, 3.8) is 0 Å². The smallest absolute Gasteiger partial charge is 0.417 e. The van der Waals surface area contributed by atoms with Gasteiger partial charge >= 0.3 is 6.18 Å². The summed E-state index contributed by atoms with van der Waals surface area (Å²) in [6.07, 6.45) is -4.00. The van der Waals surface area contributed by atoms with E-state index >= 15 is 0 Å². The summed E-state index contributed by atoms with van der Waals surface area (Å²) in [5.74, 6) is 0.0282. The van der Waals surface area contributed by atoms with Crippen LogP contribution in [0.4, 0.5) is 13.2 Å². The maximum absolute atomic E-state index is 13.3. The highest BCUT2D eigenvalue weighted by Crippen LogP contribution is 2.38. The molecule has 8 heteroatoms. The molecule has 0 spiro atoms. The Labute approximate surface area is 131 Å². The topological polar surface area (TPSA) is 53.5 Å². The maximum Gasteiger partial charge on any atom is 0.417 e.